The van der Waals surface area contributed by atoms with Crippen LogP contribution >= 0.6 is 0 Å². The molecule has 2 aliphatic rings. The van der Waals surface area contributed by atoms with Gasteiger partial charge in [0.05, 0.1) is 5.71 Å². The van der Waals surface area contributed by atoms with Crippen LogP contribution in [0, 0.1) is 5.92 Å². The summed E-state index contributed by atoms with van der Waals surface area (Å²) in [7, 11) is 0. The van der Waals surface area contributed by atoms with E-state index < -0.39 is 0 Å². The van der Waals surface area contributed by atoms with E-state index in [-0.39, 0.29) is 17.7 Å². The van der Waals surface area contributed by atoms with Crippen molar-refractivity contribution in [2.75, 3.05) is 0 Å². The molecule has 2 amide bonds. The van der Waals surface area contributed by atoms with E-state index in [0.717, 1.165) is 23.3 Å². The molecule has 1 atom stereocenters. The topological polar surface area (TPSA) is 58.5 Å². The Kier molecular flexibility index (Phi) is 3.79. The first-order chi connectivity index (χ1) is 9.02. The van der Waals surface area contributed by atoms with Crippen LogP contribution in [0.3, 0.4) is 0 Å². The molecule has 1 N–H and O–H groups in total. The van der Waals surface area contributed by atoms with Gasteiger partial charge in [-0.15, -0.1) is 0 Å². The second kappa shape index (κ2) is 5.34. The summed E-state index contributed by atoms with van der Waals surface area (Å²) in [6.45, 7) is 5.73. The Morgan fingerprint density at radius 2 is 2.16 bits per heavy atom. The zero-order valence-electron chi connectivity index (χ0n) is 11.5. The van der Waals surface area contributed by atoms with Crippen molar-refractivity contribution in [3.8, 4) is 0 Å². The normalized spacial score (nSPS) is 24.2. The minimum Gasteiger partial charge on any atom is -0.325 e. The van der Waals surface area contributed by atoms with Crippen molar-refractivity contribution in [2.24, 2.45) is 10.9 Å². The maximum absolute atomic E-state index is 11.8. The van der Waals surface area contributed by atoms with Gasteiger partial charge >= 0.3 is 0 Å². The minimum atomic E-state index is -0.122. The molecule has 0 bridgehead atoms. The highest BCUT2D eigenvalue weighted by atomic mass is 16.2. The molecule has 0 spiro atoms. The number of hydrogen-bond acceptors (Lipinski definition) is 2. The molecular weight excluding hydrogens is 240 g/mol. The van der Waals surface area contributed by atoms with E-state index >= 15 is 0 Å². The average Bonchev–Trinajstić information content (AvgIpc) is 2.36. The standard InChI is InChI=1S/C15H18N2O2/c1-4-5-14(18)16-11-6-7-12-9(2)10(3)15(19)17-13(12)8-11/h6-8,12H,4-5H2,1-3H3,(H,17,19). The summed E-state index contributed by atoms with van der Waals surface area (Å²) in [6, 6.07) is 0. The van der Waals surface area contributed by atoms with Crippen LogP contribution in [0.4, 0.5) is 0 Å². The molecule has 100 valence electrons. The molecule has 1 heterocycles. The lowest BCUT2D eigenvalue weighted by Crippen LogP contribution is -2.35. The summed E-state index contributed by atoms with van der Waals surface area (Å²) < 4.78 is 0. The molecule has 1 aliphatic heterocycles. The Labute approximate surface area is 113 Å². The quantitative estimate of drug-likeness (QED) is 0.826. The van der Waals surface area contributed by atoms with Crippen LogP contribution in [-0.4, -0.2) is 17.5 Å². The molecule has 4 heteroatoms. The van der Waals surface area contributed by atoms with Gasteiger partial charge in [0.2, 0.25) is 5.91 Å². The van der Waals surface area contributed by atoms with Crippen LogP contribution in [0.5, 0.6) is 0 Å². The molecule has 19 heavy (non-hydrogen) atoms. The zero-order valence-corrected chi connectivity index (χ0v) is 11.5. The summed E-state index contributed by atoms with van der Waals surface area (Å²) in [6.07, 6.45) is 6.85. The van der Waals surface area contributed by atoms with Gasteiger partial charge in [-0.05, 0) is 32.4 Å². The van der Waals surface area contributed by atoms with Crippen molar-refractivity contribution < 1.29 is 9.59 Å². The van der Waals surface area contributed by atoms with Crippen molar-refractivity contribution in [1.82, 2.24) is 5.32 Å². The number of fused-ring (bicyclic) bond motifs is 1. The summed E-state index contributed by atoms with van der Waals surface area (Å²) in [5, 5.41) is 2.85. The fourth-order valence-corrected chi connectivity index (χ4v) is 2.21. The summed E-state index contributed by atoms with van der Waals surface area (Å²) in [4.78, 5) is 27.3. The second-order valence-electron chi connectivity index (χ2n) is 4.88. The van der Waals surface area contributed by atoms with E-state index in [1.54, 1.807) is 6.08 Å². The van der Waals surface area contributed by atoms with E-state index in [0.29, 0.717) is 12.1 Å². The van der Waals surface area contributed by atoms with Gasteiger partial charge in [0.15, 0.2) is 0 Å². The van der Waals surface area contributed by atoms with Gasteiger partial charge in [-0.1, -0.05) is 18.6 Å². The lowest BCUT2D eigenvalue weighted by atomic mass is 9.85. The number of amides is 2. The number of carbonyl (C=O) groups excluding carboxylic acids is 2. The van der Waals surface area contributed by atoms with Gasteiger partial charge in [0, 0.05) is 23.6 Å². The third-order valence-corrected chi connectivity index (χ3v) is 3.47. The number of rotatable bonds is 2. The monoisotopic (exact) mass is 258 g/mol. The molecule has 0 saturated carbocycles. The molecule has 1 aliphatic carbocycles. The predicted molar refractivity (Wildman–Crippen MR) is 74.6 cm³/mol. The lowest BCUT2D eigenvalue weighted by molar-refractivity contribution is -0.118. The van der Waals surface area contributed by atoms with Gasteiger partial charge in [-0.3, -0.25) is 9.59 Å². The summed E-state index contributed by atoms with van der Waals surface area (Å²) >= 11 is 0. The number of nitrogens with one attached hydrogen (secondary N) is 1. The first kappa shape index (κ1) is 13.5. The highest BCUT2D eigenvalue weighted by molar-refractivity contribution is 6.11. The fraction of sp³-hybridized carbons (Fsp3) is 0.400. The van der Waals surface area contributed by atoms with Gasteiger partial charge in [-0.2, -0.15) is 0 Å². The van der Waals surface area contributed by atoms with E-state index in [1.807, 2.05) is 32.9 Å². The van der Waals surface area contributed by atoms with Crippen molar-refractivity contribution in [3.05, 3.63) is 35.1 Å². The van der Waals surface area contributed by atoms with Gasteiger partial charge in [0.25, 0.3) is 5.91 Å². The van der Waals surface area contributed by atoms with Gasteiger partial charge in [-0.25, -0.2) is 4.99 Å². The molecule has 0 aromatic heterocycles. The van der Waals surface area contributed by atoms with Crippen LogP contribution in [0.1, 0.15) is 33.6 Å². The Balaban J connectivity index is 2.27. The average molecular weight is 258 g/mol. The van der Waals surface area contributed by atoms with Gasteiger partial charge in [0.1, 0.15) is 0 Å². The Hall–Kier alpha value is -1.97. The van der Waals surface area contributed by atoms with E-state index in [1.165, 1.54) is 0 Å². The highest BCUT2D eigenvalue weighted by Gasteiger charge is 2.27. The first-order valence-electron chi connectivity index (χ1n) is 6.53. The van der Waals surface area contributed by atoms with Crippen LogP contribution in [0.15, 0.2) is 40.1 Å². The maximum atomic E-state index is 11.8. The molecule has 0 radical (unpaired) electrons. The SMILES string of the molecule is CCCC(=O)N=C1C=CC2C(=C1)NC(=O)C(C)=C2C. The largest absolute Gasteiger partial charge is 0.325 e. The van der Waals surface area contributed by atoms with Crippen molar-refractivity contribution in [2.45, 2.75) is 33.6 Å². The number of carbonyl (C=O) groups is 2. The van der Waals surface area contributed by atoms with Crippen LogP contribution in [0.25, 0.3) is 0 Å². The molecule has 0 aromatic rings. The molecular formula is C15H18N2O2. The minimum absolute atomic E-state index is 0.0745. The van der Waals surface area contributed by atoms with Gasteiger partial charge < -0.3 is 5.32 Å². The zero-order chi connectivity index (χ0) is 14.0. The molecule has 0 saturated heterocycles. The Bertz CT molecular complexity index is 550. The number of allylic oxidation sites excluding steroid dienone is 3. The predicted octanol–water partition coefficient (Wildman–Crippen LogP) is 2.29. The van der Waals surface area contributed by atoms with Crippen LogP contribution in [0.2, 0.25) is 0 Å². The fourth-order valence-electron chi connectivity index (χ4n) is 2.21. The molecule has 0 aromatic carbocycles. The van der Waals surface area contributed by atoms with Crippen LogP contribution in [-0.2, 0) is 9.59 Å². The second-order valence-corrected chi connectivity index (χ2v) is 4.88. The number of nitrogens with zero attached hydrogens (tertiary/aromatic N) is 1. The van der Waals surface area contributed by atoms with Crippen molar-refractivity contribution in [1.29, 1.82) is 0 Å². The van der Waals surface area contributed by atoms with Crippen molar-refractivity contribution in [3.63, 3.8) is 0 Å². The first-order valence-corrected chi connectivity index (χ1v) is 6.53. The third-order valence-electron chi connectivity index (χ3n) is 3.47. The smallest absolute Gasteiger partial charge is 0.251 e. The van der Waals surface area contributed by atoms with E-state index in [4.69, 9.17) is 0 Å². The lowest BCUT2D eigenvalue weighted by Gasteiger charge is -2.28. The molecule has 4 nitrogen and oxygen atoms in total. The number of aliphatic imine (C=N–C) groups is 1. The third kappa shape index (κ3) is 2.72. The number of hydrogen-bond donors (Lipinski definition) is 1. The van der Waals surface area contributed by atoms with E-state index in [2.05, 4.69) is 10.3 Å². The van der Waals surface area contributed by atoms with E-state index in [9.17, 15) is 9.59 Å². The summed E-state index contributed by atoms with van der Waals surface area (Å²) in [5.74, 6) is -0.101. The Morgan fingerprint density at radius 1 is 1.42 bits per heavy atom. The molecule has 0 fully saturated rings. The van der Waals surface area contributed by atoms with Crippen molar-refractivity contribution >= 4 is 17.5 Å². The Morgan fingerprint density at radius 3 is 2.84 bits per heavy atom. The maximum Gasteiger partial charge on any atom is 0.251 e. The van der Waals surface area contributed by atoms with Crippen LogP contribution < -0.4 is 5.32 Å². The molecule has 2 rings (SSSR count). The molecule has 1 unspecified atom stereocenters. The highest BCUT2D eigenvalue weighted by Crippen LogP contribution is 2.29. The summed E-state index contributed by atoms with van der Waals surface area (Å²) in [5.41, 5.74) is 3.22.